The topological polar surface area (TPSA) is 43.1 Å². The molecule has 1 aliphatic carbocycles. The molecule has 0 aromatic heterocycles. The molecule has 2 N–H and O–H groups in total. The molecule has 2 heteroatoms. The molecule has 1 rings (SSSR count). The van der Waals surface area contributed by atoms with E-state index in [1.165, 1.54) is 0 Å². The second kappa shape index (κ2) is 2.49. The van der Waals surface area contributed by atoms with Gasteiger partial charge in [0.2, 0.25) is 5.91 Å². The molecule has 0 spiro atoms. The number of hydrogen-bond acceptors (Lipinski definition) is 1. The lowest BCUT2D eigenvalue weighted by atomic mass is 9.60. The van der Waals surface area contributed by atoms with E-state index < -0.39 is 0 Å². The van der Waals surface area contributed by atoms with Crippen LogP contribution in [-0.2, 0) is 4.79 Å². The molecule has 0 radical (unpaired) electrons. The standard InChI is InChI=1S/C11H21NO/c1-9(2)6-7-11(5,8(12)13)10(9,3)4/h6-7H2,1-5H3,(H2,12,13). The Morgan fingerprint density at radius 3 is 1.69 bits per heavy atom. The number of hydrogen-bond donors (Lipinski definition) is 1. The van der Waals surface area contributed by atoms with Crippen molar-refractivity contribution >= 4 is 5.91 Å². The maximum Gasteiger partial charge on any atom is 0.223 e. The van der Waals surface area contributed by atoms with Gasteiger partial charge in [0.1, 0.15) is 0 Å². The summed E-state index contributed by atoms with van der Waals surface area (Å²) >= 11 is 0. The minimum Gasteiger partial charge on any atom is -0.369 e. The van der Waals surface area contributed by atoms with Crippen molar-refractivity contribution in [3.8, 4) is 0 Å². The SMILES string of the molecule is CC1(C)CCC(C)(C(N)=O)C1(C)C. The summed E-state index contributed by atoms with van der Waals surface area (Å²) in [7, 11) is 0. The summed E-state index contributed by atoms with van der Waals surface area (Å²) in [6.07, 6.45) is 2.00. The molecule has 13 heavy (non-hydrogen) atoms. The van der Waals surface area contributed by atoms with Crippen LogP contribution in [0.4, 0.5) is 0 Å². The van der Waals surface area contributed by atoms with Crippen molar-refractivity contribution in [1.29, 1.82) is 0 Å². The number of nitrogens with two attached hydrogens (primary N) is 1. The van der Waals surface area contributed by atoms with Gasteiger partial charge < -0.3 is 5.73 Å². The zero-order chi connectivity index (χ0) is 10.5. The van der Waals surface area contributed by atoms with Gasteiger partial charge in [0.25, 0.3) is 0 Å². The van der Waals surface area contributed by atoms with Crippen LogP contribution >= 0.6 is 0 Å². The van der Waals surface area contributed by atoms with E-state index in [1.54, 1.807) is 0 Å². The van der Waals surface area contributed by atoms with E-state index >= 15 is 0 Å². The predicted molar refractivity (Wildman–Crippen MR) is 54.1 cm³/mol. The fraction of sp³-hybridized carbons (Fsp3) is 0.909. The Labute approximate surface area is 80.9 Å². The second-order valence-corrected chi connectivity index (χ2v) is 5.71. The monoisotopic (exact) mass is 183 g/mol. The average molecular weight is 183 g/mol. The summed E-state index contributed by atoms with van der Waals surface area (Å²) in [5.74, 6) is -0.150. The van der Waals surface area contributed by atoms with Crippen molar-refractivity contribution in [1.82, 2.24) is 0 Å². The highest BCUT2D eigenvalue weighted by Crippen LogP contribution is 2.62. The highest BCUT2D eigenvalue weighted by atomic mass is 16.1. The molecule has 1 aliphatic rings. The largest absolute Gasteiger partial charge is 0.369 e. The van der Waals surface area contributed by atoms with Gasteiger partial charge in [0, 0.05) is 0 Å². The molecule has 0 aromatic rings. The van der Waals surface area contributed by atoms with Gasteiger partial charge >= 0.3 is 0 Å². The Kier molecular flexibility index (Phi) is 2.02. The molecule has 1 atom stereocenters. The van der Waals surface area contributed by atoms with E-state index in [0.717, 1.165) is 12.8 Å². The maximum atomic E-state index is 11.4. The molecule has 0 saturated heterocycles. The summed E-state index contributed by atoms with van der Waals surface area (Å²) < 4.78 is 0. The van der Waals surface area contributed by atoms with E-state index in [2.05, 4.69) is 27.7 Å². The van der Waals surface area contributed by atoms with Gasteiger partial charge in [-0.15, -0.1) is 0 Å². The second-order valence-electron chi connectivity index (χ2n) is 5.71. The molecule has 0 bridgehead atoms. The minimum absolute atomic E-state index is 0.00810. The van der Waals surface area contributed by atoms with Crippen molar-refractivity contribution in [3.05, 3.63) is 0 Å². The van der Waals surface area contributed by atoms with Crippen LogP contribution < -0.4 is 5.73 Å². The fourth-order valence-electron chi connectivity index (χ4n) is 2.37. The zero-order valence-corrected chi connectivity index (χ0v) is 9.40. The van der Waals surface area contributed by atoms with Crippen molar-refractivity contribution in [2.75, 3.05) is 0 Å². The summed E-state index contributed by atoms with van der Waals surface area (Å²) in [5, 5.41) is 0. The molecule has 0 heterocycles. The molecular weight excluding hydrogens is 162 g/mol. The Hall–Kier alpha value is -0.530. The van der Waals surface area contributed by atoms with Crippen LogP contribution in [0.1, 0.15) is 47.5 Å². The van der Waals surface area contributed by atoms with Gasteiger partial charge in [-0.05, 0) is 23.7 Å². The first-order valence-electron chi connectivity index (χ1n) is 4.95. The lowest BCUT2D eigenvalue weighted by Gasteiger charge is -2.44. The summed E-state index contributed by atoms with van der Waals surface area (Å²) in [6, 6.07) is 0. The highest BCUT2D eigenvalue weighted by Gasteiger charge is 2.58. The minimum atomic E-state index is -0.337. The maximum absolute atomic E-state index is 11.4. The summed E-state index contributed by atoms with van der Waals surface area (Å²) in [5.41, 5.74) is 5.35. The smallest absolute Gasteiger partial charge is 0.223 e. The van der Waals surface area contributed by atoms with Crippen LogP contribution in [0, 0.1) is 16.2 Å². The lowest BCUT2D eigenvalue weighted by molar-refractivity contribution is -0.134. The van der Waals surface area contributed by atoms with E-state index in [1.807, 2.05) is 6.92 Å². The molecule has 76 valence electrons. The molecule has 1 saturated carbocycles. The first kappa shape index (κ1) is 10.6. The predicted octanol–water partition coefficient (Wildman–Crippen LogP) is 2.32. The average Bonchev–Trinajstić information content (AvgIpc) is 2.12. The van der Waals surface area contributed by atoms with Crippen LogP contribution in [0.3, 0.4) is 0 Å². The molecule has 1 amide bonds. The number of primary amides is 1. The van der Waals surface area contributed by atoms with Crippen LogP contribution in [0.25, 0.3) is 0 Å². The lowest BCUT2D eigenvalue weighted by Crippen LogP contribution is -2.46. The van der Waals surface area contributed by atoms with Gasteiger partial charge in [-0.25, -0.2) is 0 Å². The van der Waals surface area contributed by atoms with E-state index in [4.69, 9.17) is 5.73 Å². The Morgan fingerprint density at radius 2 is 1.54 bits per heavy atom. The van der Waals surface area contributed by atoms with E-state index in [-0.39, 0.29) is 22.2 Å². The molecule has 0 aliphatic heterocycles. The third-order valence-corrected chi connectivity index (χ3v) is 4.87. The number of rotatable bonds is 1. The Morgan fingerprint density at radius 1 is 1.08 bits per heavy atom. The number of carbonyl (C=O) groups is 1. The van der Waals surface area contributed by atoms with Gasteiger partial charge in [0.05, 0.1) is 5.41 Å². The van der Waals surface area contributed by atoms with Gasteiger partial charge in [-0.1, -0.05) is 34.6 Å². The van der Waals surface area contributed by atoms with Crippen LogP contribution in [-0.4, -0.2) is 5.91 Å². The molecule has 1 unspecified atom stereocenters. The van der Waals surface area contributed by atoms with Gasteiger partial charge in [-0.2, -0.15) is 0 Å². The van der Waals surface area contributed by atoms with Gasteiger partial charge in [-0.3, -0.25) is 4.79 Å². The summed E-state index contributed by atoms with van der Waals surface area (Å²) in [6.45, 7) is 10.8. The molecule has 1 fully saturated rings. The third kappa shape index (κ3) is 1.11. The highest BCUT2D eigenvalue weighted by molar-refractivity contribution is 5.82. The molecular formula is C11H21NO. The Bertz CT molecular complexity index is 242. The number of carbonyl (C=O) groups excluding carboxylic acids is 1. The number of amides is 1. The van der Waals surface area contributed by atoms with Crippen LogP contribution in [0.15, 0.2) is 0 Å². The molecule has 2 nitrogen and oxygen atoms in total. The van der Waals surface area contributed by atoms with Crippen molar-refractivity contribution in [2.24, 2.45) is 22.0 Å². The van der Waals surface area contributed by atoms with Crippen molar-refractivity contribution in [2.45, 2.75) is 47.5 Å². The van der Waals surface area contributed by atoms with E-state index in [0.29, 0.717) is 0 Å². The normalized spacial score (nSPS) is 36.1. The van der Waals surface area contributed by atoms with Crippen molar-refractivity contribution in [3.63, 3.8) is 0 Å². The van der Waals surface area contributed by atoms with Crippen molar-refractivity contribution < 1.29 is 4.79 Å². The zero-order valence-electron chi connectivity index (χ0n) is 9.40. The summed E-state index contributed by atoms with van der Waals surface area (Å²) in [4.78, 5) is 11.4. The van der Waals surface area contributed by atoms with Crippen LogP contribution in [0.5, 0.6) is 0 Å². The van der Waals surface area contributed by atoms with E-state index in [9.17, 15) is 4.79 Å². The Balaban J connectivity index is 3.14. The molecule has 0 aromatic carbocycles. The quantitative estimate of drug-likeness (QED) is 0.666. The fourth-order valence-corrected chi connectivity index (χ4v) is 2.37. The van der Waals surface area contributed by atoms with Gasteiger partial charge in [0.15, 0.2) is 0 Å². The third-order valence-electron chi connectivity index (χ3n) is 4.87. The first-order valence-corrected chi connectivity index (χ1v) is 4.95. The van der Waals surface area contributed by atoms with Crippen LogP contribution in [0.2, 0.25) is 0 Å². The first-order chi connectivity index (χ1) is 5.65.